The first-order chi connectivity index (χ1) is 7.66. The Balaban J connectivity index is 2.24. The Morgan fingerprint density at radius 1 is 1.12 bits per heavy atom. The van der Waals surface area contributed by atoms with Gasteiger partial charge in [0.25, 0.3) is 0 Å². The molecule has 0 spiro atoms. The van der Waals surface area contributed by atoms with Gasteiger partial charge in [-0.1, -0.05) is 29.8 Å². The molecule has 2 rings (SSSR count). The zero-order valence-electron chi connectivity index (χ0n) is 10.6. The minimum absolute atomic E-state index is 0.195. The van der Waals surface area contributed by atoms with E-state index in [0.29, 0.717) is 0 Å². The first-order valence-electron chi connectivity index (χ1n) is 6.11. The summed E-state index contributed by atoms with van der Waals surface area (Å²) in [5.41, 5.74) is 2.97. The first-order valence-corrected chi connectivity index (χ1v) is 6.11. The second kappa shape index (κ2) is 4.56. The minimum Gasteiger partial charge on any atom is -0.310 e. The Bertz CT molecular complexity index is 334. The summed E-state index contributed by atoms with van der Waals surface area (Å²) >= 11 is 0. The monoisotopic (exact) mass is 218 g/mol. The predicted molar refractivity (Wildman–Crippen MR) is 68.6 cm³/mol. The SMILES string of the molecule is CNC1(c2ccc(C)cc2)CCN(C)CC1. The lowest BCUT2D eigenvalue weighted by molar-refractivity contribution is 0.164. The molecule has 0 unspecified atom stereocenters. The van der Waals surface area contributed by atoms with Crippen molar-refractivity contribution >= 4 is 0 Å². The van der Waals surface area contributed by atoms with Gasteiger partial charge in [0.05, 0.1) is 0 Å². The Labute approximate surface area is 98.7 Å². The van der Waals surface area contributed by atoms with E-state index in [1.54, 1.807) is 0 Å². The van der Waals surface area contributed by atoms with Crippen LogP contribution in [0.4, 0.5) is 0 Å². The number of benzene rings is 1. The van der Waals surface area contributed by atoms with Crippen LogP contribution >= 0.6 is 0 Å². The summed E-state index contributed by atoms with van der Waals surface area (Å²) < 4.78 is 0. The van der Waals surface area contributed by atoms with E-state index in [1.165, 1.54) is 37.1 Å². The summed E-state index contributed by atoms with van der Waals surface area (Å²) in [6, 6.07) is 8.98. The quantitative estimate of drug-likeness (QED) is 0.818. The van der Waals surface area contributed by atoms with Crippen molar-refractivity contribution in [3.63, 3.8) is 0 Å². The van der Waals surface area contributed by atoms with Crippen LogP contribution in [0, 0.1) is 6.92 Å². The normalized spacial score (nSPS) is 20.9. The van der Waals surface area contributed by atoms with Gasteiger partial charge in [0, 0.05) is 5.54 Å². The topological polar surface area (TPSA) is 15.3 Å². The molecule has 0 radical (unpaired) electrons. The Kier molecular flexibility index (Phi) is 3.31. The number of hydrogen-bond acceptors (Lipinski definition) is 2. The van der Waals surface area contributed by atoms with Crippen molar-refractivity contribution in [3.8, 4) is 0 Å². The molecule has 1 aromatic carbocycles. The third kappa shape index (κ3) is 2.13. The molecule has 1 aliphatic heterocycles. The maximum absolute atomic E-state index is 3.55. The van der Waals surface area contributed by atoms with Crippen LogP contribution in [0.2, 0.25) is 0 Å². The Morgan fingerprint density at radius 2 is 1.69 bits per heavy atom. The highest BCUT2D eigenvalue weighted by molar-refractivity contribution is 5.28. The molecule has 0 saturated carbocycles. The van der Waals surface area contributed by atoms with Crippen LogP contribution in [0.15, 0.2) is 24.3 Å². The molecule has 0 aromatic heterocycles. The molecule has 1 fully saturated rings. The van der Waals surface area contributed by atoms with Crippen LogP contribution in [-0.4, -0.2) is 32.1 Å². The van der Waals surface area contributed by atoms with Crippen molar-refractivity contribution in [2.75, 3.05) is 27.2 Å². The molecule has 88 valence electrons. The van der Waals surface area contributed by atoms with Crippen molar-refractivity contribution in [1.82, 2.24) is 10.2 Å². The van der Waals surface area contributed by atoms with Crippen LogP contribution in [0.5, 0.6) is 0 Å². The number of rotatable bonds is 2. The smallest absolute Gasteiger partial charge is 0.0456 e. The highest BCUT2D eigenvalue weighted by atomic mass is 15.1. The fourth-order valence-corrected chi connectivity index (χ4v) is 2.56. The van der Waals surface area contributed by atoms with Crippen molar-refractivity contribution in [3.05, 3.63) is 35.4 Å². The molecule has 1 saturated heterocycles. The lowest BCUT2D eigenvalue weighted by Gasteiger charge is -2.41. The average molecular weight is 218 g/mol. The summed E-state index contributed by atoms with van der Waals surface area (Å²) in [6.45, 7) is 4.49. The number of aryl methyl sites for hydroxylation is 1. The fraction of sp³-hybridized carbons (Fsp3) is 0.571. The van der Waals surface area contributed by atoms with E-state index >= 15 is 0 Å². The lowest BCUT2D eigenvalue weighted by atomic mass is 9.81. The van der Waals surface area contributed by atoms with E-state index in [2.05, 4.69) is 55.5 Å². The molecule has 1 heterocycles. The van der Waals surface area contributed by atoms with Gasteiger partial charge < -0.3 is 10.2 Å². The lowest BCUT2D eigenvalue weighted by Crippen LogP contribution is -2.48. The molecule has 1 N–H and O–H groups in total. The van der Waals surface area contributed by atoms with E-state index < -0.39 is 0 Å². The van der Waals surface area contributed by atoms with E-state index in [1.807, 2.05) is 0 Å². The van der Waals surface area contributed by atoms with Crippen molar-refractivity contribution < 1.29 is 0 Å². The molecule has 2 heteroatoms. The average Bonchev–Trinajstić information content (AvgIpc) is 2.32. The van der Waals surface area contributed by atoms with E-state index in [0.717, 1.165) is 0 Å². The first kappa shape index (κ1) is 11.6. The van der Waals surface area contributed by atoms with Crippen LogP contribution in [0.1, 0.15) is 24.0 Å². The Hall–Kier alpha value is -0.860. The van der Waals surface area contributed by atoms with Gasteiger partial charge in [-0.15, -0.1) is 0 Å². The van der Waals surface area contributed by atoms with Gasteiger partial charge >= 0.3 is 0 Å². The summed E-state index contributed by atoms with van der Waals surface area (Å²) in [5, 5.41) is 3.55. The largest absolute Gasteiger partial charge is 0.310 e. The highest BCUT2D eigenvalue weighted by Crippen LogP contribution is 2.32. The molecule has 0 amide bonds. The van der Waals surface area contributed by atoms with Crippen molar-refractivity contribution in [1.29, 1.82) is 0 Å². The van der Waals surface area contributed by atoms with Crippen LogP contribution < -0.4 is 5.32 Å². The molecule has 16 heavy (non-hydrogen) atoms. The van der Waals surface area contributed by atoms with Gasteiger partial charge in [0.2, 0.25) is 0 Å². The summed E-state index contributed by atoms with van der Waals surface area (Å²) in [4.78, 5) is 2.41. The molecule has 0 bridgehead atoms. The van der Waals surface area contributed by atoms with Gasteiger partial charge in [-0.3, -0.25) is 0 Å². The second-order valence-electron chi connectivity index (χ2n) is 5.00. The summed E-state index contributed by atoms with van der Waals surface area (Å²) in [5.74, 6) is 0. The van der Waals surface area contributed by atoms with E-state index in [-0.39, 0.29) is 5.54 Å². The van der Waals surface area contributed by atoms with Crippen LogP contribution in [-0.2, 0) is 5.54 Å². The standard InChI is InChI=1S/C14H22N2/c1-12-4-6-13(7-5-12)14(15-2)8-10-16(3)11-9-14/h4-7,15H,8-11H2,1-3H3. The third-order valence-electron chi connectivity index (χ3n) is 3.92. The van der Waals surface area contributed by atoms with E-state index in [4.69, 9.17) is 0 Å². The molecular formula is C14H22N2. The molecular weight excluding hydrogens is 196 g/mol. The van der Waals surface area contributed by atoms with Gasteiger partial charge in [0.1, 0.15) is 0 Å². The Morgan fingerprint density at radius 3 is 2.19 bits per heavy atom. The number of nitrogens with one attached hydrogen (secondary N) is 1. The zero-order chi connectivity index (χ0) is 11.6. The molecule has 1 aliphatic rings. The fourth-order valence-electron chi connectivity index (χ4n) is 2.56. The second-order valence-corrected chi connectivity index (χ2v) is 5.00. The van der Waals surface area contributed by atoms with E-state index in [9.17, 15) is 0 Å². The summed E-state index contributed by atoms with van der Waals surface area (Å²) in [7, 11) is 4.29. The maximum atomic E-state index is 3.55. The van der Waals surface area contributed by atoms with Crippen LogP contribution in [0.25, 0.3) is 0 Å². The predicted octanol–water partition coefficient (Wildman–Crippen LogP) is 2.14. The van der Waals surface area contributed by atoms with Gasteiger partial charge in [0.15, 0.2) is 0 Å². The minimum atomic E-state index is 0.195. The molecule has 2 nitrogen and oxygen atoms in total. The highest BCUT2D eigenvalue weighted by Gasteiger charge is 2.33. The van der Waals surface area contributed by atoms with Crippen molar-refractivity contribution in [2.45, 2.75) is 25.3 Å². The third-order valence-corrected chi connectivity index (χ3v) is 3.92. The van der Waals surface area contributed by atoms with Gasteiger partial charge in [-0.2, -0.15) is 0 Å². The summed E-state index contributed by atoms with van der Waals surface area (Å²) in [6.07, 6.45) is 2.39. The number of hydrogen-bond donors (Lipinski definition) is 1. The zero-order valence-corrected chi connectivity index (χ0v) is 10.6. The number of nitrogens with zero attached hydrogens (tertiary/aromatic N) is 1. The van der Waals surface area contributed by atoms with Crippen LogP contribution in [0.3, 0.4) is 0 Å². The van der Waals surface area contributed by atoms with Gasteiger partial charge in [-0.25, -0.2) is 0 Å². The van der Waals surface area contributed by atoms with Crippen molar-refractivity contribution in [2.24, 2.45) is 0 Å². The maximum Gasteiger partial charge on any atom is 0.0456 e. The number of likely N-dealkylation sites (tertiary alicyclic amines) is 1. The molecule has 1 aromatic rings. The number of piperidine rings is 1. The van der Waals surface area contributed by atoms with Gasteiger partial charge in [-0.05, 0) is 52.5 Å². The molecule has 0 aliphatic carbocycles. The molecule has 0 atom stereocenters.